The number of thioether (sulfide) groups is 1. The average Bonchev–Trinajstić information content (AvgIpc) is 2.98. The Labute approximate surface area is 116 Å². The van der Waals surface area contributed by atoms with Crippen LogP contribution >= 0.6 is 23.1 Å². The zero-order chi connectivity index (χ0) is 12.8. The molecule has 1 unspecified atom stereocenters. The van der Waals surface area contributed by atoms with E-state index in [1.165, 1.54) is 43.4 Å². The molecule has 1 atom stereocenters. The van der Waals surface area contributed by atoms with Crippen LogP contribution in [0.25, 0.3) is 0 Å². The van der Waals surface area contributed by atoms with Crippen molar-refractivity contribution >= 4 is 34.1 Å². The van der Waals surface area contributed by atoms with Crippen LogP contribution in [-0.4, -0.2) is 27.2 Å². The molecule has 0 aromatic carbocycles. The molecule has 18 heavy (non-hydrogen) atoms. The van der Waals surface area contributed by atoms with E-state index in [2.05, 4.69) is 17.1 Å². The molecule has 0 N–H and O–H groups in total. The Morgan fingerprint density at radius 3 is 2.94 bits per heavy atom. The van der Waals surface area contributed by atoms with Gasteiger partial charge in [0.25, 0.3) is 0 Å². The molecule has 0 radical (unpaired) electrons. The highest BCUT2D eigenvalue weighted by Crippen LogP contribution is 2.34. The minimum atomic E-state index is 0.176. The second-order valence-electron chi connectivity index (χ2n) is 4.45. The highest BCUT2D eigenvalue weighted by atomic mass is 32.2. The minimum Gasteiger partial charge on any atom is -0.273 e. The fourth-order valence-corrected chi connectivity index (χ4v) is 3.98. The van der Waals surface area contributed by atoms with Crippen LogP contribution in [-0.2, 0) is 4.79 Å². The van der Waals surface area contributed by atoms with Gasteiger partial charge >= 0.3 is 0 Å². The molecule has 1 aliphatic heterocycles. The van der Waals surface area contributed by atoms with Crippen molar-refractivity contribution in [3.05, 3.63) is 5.51 Å². The van der Waals surface area contributed by atoms with Gasteiger partial charge in [-0.15, -0.1) is 22.0 Å². The van der Waals surface area contributed by atoms with Gasteiger partial charge in [0.15, 0.2) is 0 Å². The largest absolute Gasteiger partial charge is 0.273 e. The van der Waals surface area contributed by atoms with Gasteiger partial charge in [0.05, 0.1) is 11.1 Å². The molecule has 4 nitrogen and oxygen atoms in total. The molecule has 0 bridgehead atoms. The lowest BCUT2D eigenvalue weighted by molar-refractivity contribution is -0.115. The highest BCUT2D eigenvalue weighted by Gasteiger charge is 2.34. The molecular formula is C12H19N3OS2. The monoisotopic (exact) mass is 285 g/mol. The normalized spacial score (nSPS) is 19.7. The zero-order valence-corrected chi connectivity index (χ0v) is 12.3. The Hall–Kier alpha value is -0.620. The van der Waals surface area contributed by atoms with E-state index in [-0.39, 0.29) is 11.3 Å². The van der Waals surface area contributed by atoms with Gasteiger partial charge in [-0.2, -0.15) is 0 Å². The summed E-state index contributed by atoms with van der Waals surface area (Å²) in [6.07, 6.45) is 7.42. The molecule has 2 heterocycles. The van der Waals surface area contributed by atoms with Crippen LogP contribution in [0.15, 0.2) is 5.51 Å². The lowest BCUT2D eigenvalue weighted by atomic mass is 10.1. The number of hydrogen-bond donors (Lipinski definition) is 0. The van der Waals surface area contributed by atoms with E-state index >= 15 is 0 Å². The summed E-state index contributed by atoms with van der Waals surface area (Å²) >= 11 is 3.18. The van der Waals surface area contributed by atoms with Gasteiger partial charge in [0.2, 0.25) is 11.0 Å². The number of unbranched alkanes of at least 4 members (excludes halogenated alkanes) is 4. The predicted molar refractivity (Wildman–Crippen MR) is 77.0 cm³/mol. The van der Waals surface area contributed by atoms with E-state index in [9.17, 15) is 4.79 Å². The standard InChI is InChI=1S/C12H19N3OS2/c1-2-3-4-5-6-7-11-15(10(16)8-17-11)12-14-13-9-18-12/h9,11H,2-8H2,1H3. The van der Waals surface area contributed by atoms with E-state index in [0.717, 1.165) is 11.6 Å². The number of hydrogen-bond acceptors (Lipinski definition) is 5. The molecule has 1 aromatic rings. The predicted octanol–water partition coefficient (Wildman–Crippen LogP) is 3.30. The number of aromatic nitrogens is 2. The van der Waals surface area contributed by atoms with Crippen molar-refractivity contribution < 1.29 is 4.79 Å². The van der Waals surface area contributed by atoms with Crippen LogP contribution in [0.4, 0.5) is 5.13 Å². The molecule has 100 valence electrons. The second-order valence-corrected chi connectivity index (χ2v) is 6.43. The summed E-state index contributed by atoms with van der Waals surface area (Å²) in [7, 11) is 0. The lowest BCUT2D eigenvalue weighted by Crippen LogP contribution is -2.32. The highest BCUT2D eigenvalue weighted by molar-refractivity contribution is 8.01. The van der Waals surface area contributed by atoms with E-state index in [1.54, 1.807) is 17.3 Å². The maximum atomic E-state index is 11.9. The van der Waals surface area contributed by atoms with Crippen LogP contribution in [0.1, 0.15) is 45.4 Å². The summed E-state index contributed by atoms with van der Waals surface area (Å²) < 4.78 is 0. The lowest BCUT2D eigenvalue weighted by Gasteiger charge is -2.20. The van der Waals surface area contributed by atoms with E-state index in [4.69, 9.17) is 0 Å². The number of anilines is 1. The molecule has 1 aromatic heterocycles. The van der Waals surface area contributed by atoms with Gasteiger partial charge in [0.1, 0.15) is 5.51 Å². The topological polar surface area (TPSA) is 46.1 Å². The fraction of sp³-hybridized carbons (Fsp3) is 0.750. The summed E-state index contributed by atoms with van der Waals surface area (Å²) in [6, 6.07) is 0. The summed E-state index contributed by atoms with van der Waals surface area (Å²) in [5, 5.41) is 8.86. The maximum absolute atomic E-state index is 11.9. The van der Waals surface area contributed by atoms with E-state index < -0.39 is 0 Å². The van der Waals surface area contributed by atoms with Crippen molar-refractivity contribution in [3.8, 4) is 0 Å². The van der Waals surface area contributed by atoms with Crippen molar-refractivity contribution in [2.24, 2.45) is 0 Å². The van der Waals surface area contributed by atoms with Gasteiger partial charge in [0, 0.05) is 0 Å². The first-order valence-corrected chi connectivity index (χ1v) is 8.45. The van der Waals surface area contributed by atoms with Crippen molar-refractivity contribution in [1.82, 2.24) is 10.2 Å². The SMILES string of the molecule is CCCCCCCC1SCC(=O)N1c1nncs1. The maximum Gasteiger partial charge on any atom is 0.239 e. The Morgan fingerprint density at radius 1 is 1.39 bits per heavy atom. The Kier molecular flexibility index (Phi) is 5.44. The molecule has 1 fully saturated rings. The second kappa shape index (κ2) is 7.09. The Balaban J connectivity index is 1.82. The Bertz CT molecular complexity index is 369. The third-order valence-corrected chi connectivity index (χ3v) is 5.00. The summed E-state index contributed by atoms with van der Waals surface area (Å²) in [5.41, 5.74) is 1.68. The quantitative estimate of drug-likeness (QED) is 0.721. The third-order valence-electron chi connectivity index (χ3n) is 3.07. The summed E-state index contributed by atoms with van der Waals surface area (Å²) in [4.78, 5) is 13.7. The number of carbonyl (C=O) groups excluding carboxylic acids is 1. The summed E-state index contributed by atoms with van der Waals surface area (Å²) in [6.45, 7) is 2.22. The van der Waals surface area contributed by atoms with Crippen molar-refractivity contribution in [2.45, 2.75) is 50.8 Å². The number of amides is 1. The molecular weight excluding hydrogens is 266 g/mol. The number of rotatable bonds is 7. The van der Waals surface area contributed by atoms with Crippen molar-refractivity contribution in [1.29, 1.82) is 0 Å². The molecule has 1 amide bonds. The van der Waals surface area contributed by atoms with Gasteiger partial charge in [-0.1, -0.05) is 50.4 Å². The number of nitrogens with zero attached hydrogens (tertiary/aromatic N) is 3. The van der Waals surface area contributed by atoms with Gasteiger partial charge in [-0.3, -0.25) is 9.69 Å². The molecule has 6 heteroatoms. The third kappa shape index (κ3) is 3.45. The first kappa shape index (κ1) is 13.8. The van der Waals surface area contributed by atoms with Crippen LogP contribution in [0.2, 0.25) is 0 Å². The van der Waals surface area contributed by atoms with E-state index in [0.29, 0.717) is 5.75 Å². The molecule has 0 spiro atoms. The van der Waals surface area contributed by atoms with Crippen LogP contribution in [0.5, 0.6) is 0 Å². The first-order valence-electron chi connectivity index (χ1n) is 6.52. The number of carbonyl (C=O) groups is 1. The summed E-state index contributed by atoms with van der Waals surface area (Å²) in [5.74, 6) is 0.759. The van der Waals surface area contributed by atoms with Crippen molar-refractivity contribution in [3.63, 3.8) is 0 Å². The smallest absolute Gasteiger partial charge is 0.239 e. The van der Waals surface area contributed by atoms with Crippen molar-refractivity contribution in [2.75, 3.05) is 10.7 Å². The van der Waals surface area contributed by atoms with Crippen LogP contribution in [0, 0.1) is 0 Å². The molecule has 1 aliphatic rings. The zero-order valence-electron chi connectivity index (χ0n) is 10.7. The molecule has 0 aliphatic carbocycles. The van der Waals surface area contributed by atoms with Gasteiger partial charge in [-0.05, 0) is 6.42 Å². The van der Waals surface area contributed by atoms with Gasteiger partial charge < -0.3 is 0 Å². The first-order chi connectivity index (χ1) is 8.83. The molecule has 1 saturated heterocycles. The molecule has 2 rings (SSSR count). The average molecular weight is 285 g/mol. The minimum absolute atomic E-state index is 0.176. The van der Waals surface area contributed by atoms with Crippen LogP contribution in [0.3, 0.4) is 0 Å². The van der Waals surface area contributed by atoms with E-state index in [1.807, 2.05) is 4.90 Å². The Morgan fingerprint density at radius 2 is 2.22 bits per heavy atom. The molecule has 0 saturated carbocycles. The van der Waals surface area contributed by atoms with Gasteiger partial charge in [-0.25, -0.2) is 0 Å². The van der Waals surface area contributed by atoms with Crippen LogP contribution < -0.4 is 4.90 Å². The fourth-order valence-electron chi connectivity index (χ4n) is 2.11.